The summed E-state index contributed by atoms with van der Waals surface area (Å²) in [6.45, 7) is 12.7. The predicted molar refractivity (Wildman–Crippen MR) is 128 cm³/mol. The van der Waals surface area contributed by atoms with Crippen molar-refractivity contribution in [1.82, 2.24) is 14.8 Å². The Labute approximate surface area is 189 Å². The number of imide groups is 1. The van der Waals surface area contributed by atoms with Crippen LogP contribution in [-0.4, -0.2) is 21.4 Å². The minimum Gasteiger partial charge on any atom is -0.317 e. The van der Waals surface area contributed by atoms with Crippen molar-refractivity contribution in [3.63, 3.8) is 0 Å². The lowest BCUT2D eigenvalue weighted by Crippen LogP contribution is -2.30. The molecule has 5 nitrogen and oxygen atoms in total. The number of aryl methyl sites for hydroxylation is 5. The average Bonchev–Trinajstić information content (AvgIpc) is 3.12. The highest BCUT2D eigenvalue weighted by atomic mass is 16.2. The molecule has 4 rings (SSSR count). The average molecular weight is 428 g/mol. The normalized spacial score (nSPS) is 15.1. The van der Waals surface area contributed by atoms with Crippen molar-refractivity contribution < 1.29 is 9.59 Å². The lowest BCUT2D eigenvalue weighted by Gasteiger charge is -2.17. The summed E-state index contributed by atoms with van der Waals surface area (Å²) in [6, 6.07) is 13.9. The van der Waals surface area contributed by atoms with Crippen LogP contribution in [0.5, 0.6) is 0 Å². The Morgan fingerprint density at radius 1 is 0.875 bits per heavy atom. The smallest absolute Gasteiger partial charge is 0.317 e. The quantitative estimate of drug-likeness (QED) is 0.446. The van der Waals surface area contributed by atoms with E-state index in [0.717, 1.165) is 33.8 Å². The van der Waals surface area contributed by atoms with E-state index in [1.807, 2.05) is 38.1 Å². The fourth-order valence-electron chi connectivity index (χ4n) is 4.67. The standard InChI is InChI=1S/C27H29N3O2/c1-16-8-7-9-22(12-16)15-29-26(31)24(28-27(29)32)14-23-13-20(5)30(21(23)6)25-18(3)10-17(2)11-19(25)4/h7-14H,15H2,1-6H3,(H,28,32)/b24-14+. The van der Waals surface area contributed by atoms with E-state index in [0.29, 0.717) is 5.70 Å². The van der Waals surface area contributed by atoms with Gasteiger partial charge in [-0.3, -0.25) is 9.69 Å². The van der Waals surface area contributed by atoms with Gasteiger partial charge in [-0.2, -0.15) is 0 Å². The molecule has 1 aromatic heterocycles. The minimum absolute atomic E-state index is 0.254. The SMILES string of the molecule is Cc1cccc(CN2C(=O)N/C(=C/c3cc(C)n(-c4c(C)cc(C)cc4C)c3C)C2=O)c1. The molecule has 0 atom stereocenters. The molecule has 0 radical (unpaired) electrons. The van der Waals surface area contributed by atoms with Gasteiger partial charge in [0.15, 0.2) is 0 Å². The zero-order valence-electron chi connectivity index (χ0n) is 19.5. The Morgan fingerprint density at radius 2 is 1.56 bits per heavy atom. The summed E-state index contributed by atoms with van der Waals surface area (Å²) in [4.78, 5) is 26.8. The van der Waals surface area contributed by atoms with Crippen molar-refractivity contribution in [1.29, 1.82) is 0 Å². The third kappa shape index (κ3) is 3.86. The predicted octanol–water partition coefficient (Wildman–Crippen LogP) is 5.42. The van der Waals surface area contributed by atoms with Crippen molar-refractivity contribution in [2.75, 3.05) is 0 Å². The van der Waals surface area contributed by atoms with Crippen molar-refractivity contribution in [2.24, 2.45) is 0 Å². The molecule has 0 bridgehead atoms. The first-order valence-corrected chi connectivity index (χ1v) is 10.8. The molecule has 0 spiro atoms. The number of nitrogens with one attached hydrogen (secondary N) is 1. The summed E-state index contributed by atoms with van der Waals surface area (Å²) in [5.74, 6) is -0.302. The number of urea groups is 1. The zero-order valence-corrected chi connectivity index (χ0v) is 19.5. The van der Waals surface area contributed by atoms with Gasteiger partial charge in [-0.05, 0) is 75.9 Å². The molecule has 1 N–H and O–H groups in total. The topological polar surface area (TPSA) is 54.3 Å². The summed E-state index contributed by atoms with van der Waals surface area (Å²) in [6.07, 6.45) is 1.79. The van der Waals surface area contributed by atoms with Crippen LogP contribution in [0.15, 0.2) is 48.2 Å². The van der Waals surface area contributed by atoms with Crippen molar-refractivity contribution in [3.8, 4) is 5.69 Å². The van der Waals surface area contributed by atoms with Gasteiger partial charge in [0.05, 0.1) is 12.2 Å². The summed E-state index contributed by atoms with van der Waals surface area (Å²) in [7, 11) is 0. The molecule has 1 saturated heterocycles. The number of hydrogen-bond donors (Lipinski definition) is 1. The first-order valence-electron chi connectivity index (χ1n) is 10.8. The number of nitrogens with zero attached hydrogens (tertiary/aromatic N) is 2. The van der Waals surface area contributed by atoms with Crippen LogP contribution < -0.4 is 5.32 Å². The first kappa shape index (κ1) is 21.6. The van der Waals surface area contributed by atoms with E-state index >= 15 is 0 Å². The number of carbonyl (C=O) groups is 2. The molecule has 1 fully saturated rings. The van der Waals surface area contributed by atoms with Gasteiger partial charge < -0.3 is 9.88 Å². The molecule has 164 valence electrons. The van der Waals surface area contributed by atoms with Gasteiger partial charge in [0, 0.05) is 11.4 Å². The van der Waals surface area contributed by atoms with Crippen LogP contribution in [0.3, 0.4) is 0 Å². The van der Waals surface area contributed by atoms with Crippen LogP contribution in [0.2, 0.25) is 0 Å². The van der Waals surface area contributed by atoms with Gasteiger partial charge in [-0.25, -0.2) is 4.79 Å². The van der Waals surface area contributed by atoms with E-state index in [1.165, 1.54) is 21.6 Å². The van der Waals surface area contributed by atoms with Crippen LogP contribution in [0.1, 0.15) is 44.8 Å². The molecule has 2 aromatic carbocycles. The van der Waals surface area contributed by atoms with Gasteiger partial charge >= 0.3 is 6.03 Å². The number of amides is 3. The fourth-order valence-corrected chi connectivity index (χ4v) is 4.67. The van der Waals surface area contributed by atoms with Crippen LogP contribution in [-0.2, 0) is 11.3 Å². The van der Waals surface area contributed by atoms with E-state index in [-0.39, 0.29) is 18.5 Å². The highest BCUT2D eigenvalue weighted by molar-refractivity contribution is 6.14. The molecular formula is C27H29N3O2. The van der Waals surface area contributed by atoms with E-state index in [4.69, 9.17) is 0 Å². The van der Waals surface area contributed by atoms with Crippen LogP contribution in [0.4, 0.5) is 4.79 Å². The van der Waals surface area contributed by atoms with Crippen molar-refractivity contribution in [2.45, 2.75) is 48.1 Å². The molecular weight excluding hydrogens is 398 g/mol. The summed E-state index contributed by atoms with van der Waals surface area (Å²) >= 11 is 0. The maximum atomic E-state index is 13.0. The van der Waals surface area contributed by atoms with E-state index < -0.39 is 0 Å². The monoisotopic (exact) mass is 427 g/mol. The third-order valence-corrected chi connectivity index (χ3v) is 6.01. The van der Waals surface area contributed by atoms with Crippen LogP contribution in [0, 0.1) is 41.5 Å². The molecule has 5 heteroatoms. The van der Waals surface area contributed by atoms with Gasteiger partial charge in [0.1, 0.15) is 5.70 Å². The Kier molecular flexibility index (Phi) is 5.51. The molecule has 3 amide bonds. The molecule has 2 heterocycles. The second-order valence-electron chi connectivity index (χ2n) is 8.78. The van der Waals surface area contributed by atoms with Gasteiger partial charge in [0.2, 0.25) is 0 Å². The van der Waals surface area contributed by atoms with Crippen LogP contribution >= 0.6 is 0 Å². The third-order valence-electron chi connectivity index (χ3n) is 6.01. The van der Waals surface area contributed by atoms with Crippen molar-refractivity contribution in [3.05, 3.63) is 92.9 Å². The minimum atomic E-state index is -0.387. The fraction of sp³-hybridized carbons (Fsp3) is 0.259. The Balaban J connectivity index is 1.67. The summed E-state index contributed by atoms with van der Waals surface area (Å²) < 4.78 is 2.22. The lowest BCUT2D eigenvalue weighted by atomic mass is 10.0. The molecule has 3 aromatic rings. The Morgan fingerprint density at radius 3 is 2.22 bits per heavy atom. The van der Waals surface area contributed by atoms with E-state index in [2.05, 4.69) is 55.8 Å². The summed E-state index contributed by atoms with van der Waals surface area (Å²) in [5.41, 5.74) is 10.2. The molecule has 0 aliphatic carbocycles. The number of rotatable bonds is 4. The highest BCUT2D eigenvalue weighted by Crippen LogP contribution is 2.28. The first-order chi connectivity index (χ1) is 15.2. The molecule has 0 unspecified atom stereocenters. The lowest BCUT2D eigenvalue weighted by molar-refractivity contribution is -0.123. The van der Waals surface area contributed by atoms with E-state index in [1.54, 1.807) is 6.08 Å². The van der Waals surface area contributed by atoms with Crippen LogP contribution in [0.25, 0.3) is 11.8 Å². The number of carbonyl (C=O) groups excluding carboxylic acids is 2. The molecule has 1 aliphatic rings. The molecule has 1 aliphatic heterocycles. The maximum absolute atomic E-state index is 13.0. The van der Waals surface area contributed by atoms with Crippen molar-refractivity contribution >= 4 is 18.0 Å². The van der Waals surface area contributed by atoms with Gasteiger partial charge in [-0.15, -0.1) is 0 Å². The zero-order chi connectivity index (χ0) is 23.2. The van der Waals surface area contributed by atoms with Gasteiger partial charge in [0.25, 0.3) is 5.91 Å². The van der Waals surface area contributed by atoms with Gasteiger partial charge in [-0.1, -0.05) is 47.5 Å². The summed E-state index contributed by atoms with van der Waals surface area (Å²) in [5, 5.41) is 2.75. The highest BCUT2D eigenvalue weighted by Gasteiger charge is 2.33. The molecule has 0 saturated carbocycles. The second kappa shape index (κ2) is 8.15. The Hall–Kier alpha value is -3.60. The largest absolute Gasteiger partial charge is 0.329 e. The maximum Gasteiger partial charge on any atom is 0.329 e. The second-order valence-corrected chi connectivity index (χ2v) is 8.78. The number of hydrogen-bond acceptors (Lipinski definition) is 2. The number of aromatic nitrogens is 1. The number of benzene rings is 2. The molecule has 32 heavy (non-hydrogen) atoms. The van der Waals surface area contributed by atoms with E-state index in [9.17, 15) is 9.59 Å². The Bertz CT molecular complexity index is 1260.